The Morgan fingerprint density at radius 2 is 1.79 bits per heavy atom. The molecule has 0 atom stereocenters. The van der Waals surface area contributed by atoms with Crippen LogP contribution in [-0.4, -0.2) is 37.4 Å². The van der Waals surface area contributed by atoms with E-state index in [1.807, 2.05) is 6.07 Å². The number of nitrogens with zero attached hydrogens (tertiary/aromatic N) is 1. The van der Waals surface area contributed by atoms with Crippen molar-refractivity contribution in [3.05, 3.63) is 58.1 Å². The van der Waals surface area contributed by atoms with Crippen molar-refractivity contribution < 1.29 is 14.3 Å². The lowest BCUT2D eigenvalue weighted by molar-refractivity contribution is 0.0828. The van der Waals surface area contributed by atoms with Gasteiger partial charge in [0, 0.05) is 18.6 Å². The van der Waals surface area contributed by atoms with Gasteiger partial charge in [-0.3, -0.25) is 9.59 Å². The first kappa shape index (κ1) is 22.0. The maximum atomic E-state index is 12.9. The Bertz CT molecular complexity index is 821. The van der Waals surface area contributed by atoms with E-state index in [1.165, 1.54) is 11.3 Å². The van der Waals surface area contributed by atoms with Crippen molar-refractivity contribution in [2.45, 2.75) is 32.6 Å². The SMILES string of the molecule is CCCCCCOc1ccc(Br)cc1C(=O)Nc1ccccc1C(=O)N(C)C. The van der Waals surface area contributed by atoms with Crippen LogP contribution in [0.1, 0.15) is 53.3 Å². The molecule has 0 aliphatic rings. The topological polar surface area (TPSA) is 58.6 Å². The molecule has 2 rings (SSSR count). The van der Waals surface area contributed by atoms with E-state index in [1.54, 1.807) is 50.5 Å². The van der Waals surface area contributed by atoms with Crippen LogP contribution in [0.4, 0.5) is 5.69 Å². The first-order chi connectivity index (χ1) is 13.4. The predicted octanol–water partition coefficient (Wildman–Crippen LogP) is 5.36. The summed E-state index contributed by atoms with van der Waals surface area (Å²) in [5, 5.41) is 2.85. The number of ether oxygens (including phenoxy) is 1. The minimum atomic E-state index is -0.316. The number of amides is 2. The lowest BCUT2D eigenvalue weighted by Gasteiger charge is -2.16. The molecule has 0 unspecified atom stereocenters. The van der Waals surface area contributed by atoms with Crippen molar-refractivity contribution >= 4 is 33.4 Å². The van der Waals surface area contributed by atoms with Crippen LogP contribution < -0.4 is 10.1 Å². The minimum Gasteiger partial charge on any atom is -0.493 e. The van der Waals surface area contributed by atoms with Crippen molar-refractivity contribution in [2.24, 2.45) is 0 Å². The van der Waals surface area contributed by atoms with Gasteiger partial charge in [-0.2, -0.15) is 0 Å². The summed E-state index contributed by atoms with van der Waals surface area (Å²) in [4.78, 5) is 26.8. The highest BCUT2D eigenvalue weighted by Crippen LogP contribution is 2.26. The van der Waals surface area contributed by atoms with E-state index in [-0.39, 0.29) is 11.8 Å². The third-order valence-corrected chi connectivity index (χ3v) is 4.75. The quantitative estimate of drug-likeness (QED) is 0.527. The van der Waals surface area contributed by atoms with Gasteiger partial charge in [-0.05, 0) is 36.8 Å². The fourth-order valence-corrected chi connectivity index (χ4v) is 3.09. The van der Waals surface area contributed by atoms with Crippen LogP contribution in [-0.2, 0) is 0 Å². The van der Waals surface area contributed by atoms with E-state index >= 15 is 0 Å². The third kappa shape index (κ3) is 6.09. The summed E-state index contributed by atoms with van der Waals surface area (Å²) in [6.45, 7) is 2.73. The molecule has 2 amide bonds. The number of anilines is 1. The number of hydrogen-bond donors (Lipinski definition) is 1. The third-order valence-electron chi connectivity index (χ3n) is 4.25. The summed E-state index contributed by atoms with van der Waals surface area (Å²) >= 11 is 3.41. The molecule has 0 saturated heterocycles. The highest BCUT2D eigenvalue weighted by Gasteiger charge is 2.18. The fraction of sp³-hybridized carbons (Fsp3) is 0.364. The van der Waals surface area contributed by atoms with Crippen molar-refractivity contribution in [1.82, 2.24) is 4.90 Å². The van der Waals surface area contributed by atoms with E-state index in [4.69, 9.17) is 4.74 Å². The lowest BCUT2D eigenvalue weighted by Crippen LogP contribution is -2.24. The lowest BCUT2D eigenvalue weighted by atomic mass is 10.1. The van der Waals surface area contributed by atoms with Crippen LogP contribution in [0.2, 0.25) is 0 Å². The molecule has 28 heavy (non-hydrogen) atoms. The van der Waals surface area contributed by atoms with Crippen LogP contribution >= 0.6 is 15.9 Å². The fourth-order valence-electron chi connectivity index (χ4n) is 2.73. The van der Waals surface area contributed by atoms with Gasteiger partial charge in [0.15, 0.2) is 0 Å². The zero-order chi connectivity index (χ0) is 20.5. The van der Waals surface area contributed by atoms with E-state index in [0.29, 0.717) is 29.2 Å². The molecule has 2 aromatic carbocycles. The number of carbonyl (C=O) groups excluding carboxylic acids is 2. The second-order valence-electron chi connectivity index (χ2n) is 6.75. The number of rotatable bonds is 9. The van der Waals surface area contributed by atoms with Gasteiger partial charge in [-0.1, -0.05) is 54.2 Å². The molecule has 1 N–H and O–H groups in total. The van der Waals surface area contributed by atoms with Crippen molar-refractivity contribution in [1.29, 1.82) is 0 Å². The normalized spacial score (nSPS) is 10.4. The van der Waals surface area contributed by atoms with Gasteiger partial charge >= 0.3 is 0 Å². The highest BCUT2D eigenvalue weighted by atomic mass is 79.9. The number of halogens is 1. The molecule has 150 valence electrons. The van der Waals surface area contributed by atoms with Gasteiger partial charge in [0.1, 0.15) is 5.75 Å². The Labute approximate surface area is 175 Å². The Balaban J connectivity index is 2.18. The number of nitrogens with one attached hydrogen (secondary N) is 1. The highest BCUT2D eigenvalue weighted by molar-refractivity contribution is 9.10. The molecular formula is C22H27BrN2O3. The second-order valence-corrected chi connectivity index (χ2v) is 7.66. The van der Waals surface area contributed by atoms with Crippen LogP contribution in [0.15, 0.2) is 46.9 Å². The molecule has 0 heterocycles. The first-order valence-electron chi connectivity index (χ1n) is 9.48. The molecule has 0 aliphatic carbocycles. The summed E-state index contributed by atoms with van der Waals surface area (Å²) in [5.74, 6) is 0.0509. The van der Waals surface area contributed by atoms with Crippen LogP contribution in [0.25, 0.3) is 0 Å². The summed E-state index contributed by atoms with van der Waals surface area (Å²) in [7, 11) is 3.36. The Kier molecular flexibility index (Phi) is 8.51. The molecule has 0 aromatic heterocycles. The molecule has 6 heteroatoms. The second kappa shape index (κ2) is 10.9. The van der Waals surface area contributed by atoms with Crippen LogP contribution in [0.3, 0.4) is 0 Å². The predicted molar refractivity (Wildman–Crippen MR) is 116 cm³/mol. The van der Waals surface area contributed by atoms with Crippen molar-refractivity contribution in [2.75, 3.05) is 26.0 Å². The molecule has 0 spiro atoms. The molecule has 0 fully saturated rings. The summed E-state index contributed by atoms with van der Waals surface area (Å²) < 4.78 is 6.64. The average molecular weight is 447 g/mol. The maximum absolute atomic E-state index is 12.9. The van der Waals surface area contributed by atoms with E-state index in [9.17, 15) is 9.59 Å². The standard InChI is InChI=1S/C22H27BrN2O3/c1-4-5-6-9-14-28-20-13-12-16(23)15-18(20)21(26)24-19-11-8-7-10-17(19)22(27)25(2)3/h7-8,10-13,15H,4-6,9,14H2,1-3H3,(H,24,26). The van der Waals surface area contributed by atoms with E-state index in [2.05, 4.69) is 28.2 Å². The van der Waals surface area contributed by atoms with Crippen LogP contribution in [0, 0.1) is 0 Å². The Morgan fingerprint density at radius 3 is 2.50 bits per heavy atom. The van der Waals surface area contributed by atoms with Gasteiger partial charge in [0.05, 0.1) is 23.4 Å². The number of hydrogen-bond acceptors (Lipinski definition) is 3. The van der Waals surface area contributed by atoms with Gasteiger partial charge in [-0.15, -0.1) is 0 Å². The van der Waals surface area contributed by atoms with Crippen molar-refractivity contribution in [3.8, 4) is 5.75 Å². The largest absolute Gasteiger partial charge is 0.493 e. The smallest absolute Gasteiger partial charge is 0.259 e. The van der Waals surface area contributed by atoms with E-state index in [0.717, 1.165) is 23.7 Å². The average Bonchev–Trinajstić information content (AvgIpc) is 2.68. The molecule has 0 radical (unpaired) electrons. The summed E-state index contributed by atoms with van der Waals surface area (Å²) in [5.41, 5.74) is 1.34. The number of unbranched alkanes of at least 4 members (excludes halogenated alkanes) is 3. The summed E-state index contributed by atoms with van der Waals surface area (Å²) in [6.07, 6.45) is 4.39. The molecular weight excluding hydrogens is 420 g/mol. The van der Waals surface area contributed by atoms with Crippen LogP contribution in [0.5, 0.6) is 5.75 Å². The molecule has 5 nitrogen and oxygen atoms in total. The number of carbonyl (C=O) groups is 2. The number of benzene rings is 2. The molecule has 2 aromatic rings. The number of para-hydroxylation sites is 1. The van der Waals surface area contributed by atoms with Gasteiger partial charge < -0.3 is 15.0 Å². The zero-order valence-electron chi connectivity index (χ0n) is 16.6. The monoisotopic (exact) mass is 446 g/mol. The van der Waals surface area contributed by atoms with Gasteiger partial charge in [0.25, 0.3) is 11.8 Å². The molecule has 0 bridgehead atoms. The van der Waals surface area contributed by atoms with E-state index < -0.39 is 0 Å². The summed E-state index contributed by atoms with van der Waals surface area (Å²) in [6, 6.07) is 12.3. The van der Waals surface area contributed by atoms with Gasteiger partial charge in [0.2, 0.25) is 0 Å². The molecule has 0 aliphatic heterocycles. The Hall–Kier alpha value is -2.34. The maximum Gasteiger partial charge on any atom is 0.259 e. The first-order valence-corrected chi connectivity index (χ1v) is 10.3. The van der Waals surface area contributed by atoms with Gasteiger partial charge in [-0.25, -0.2) is 0 Å². The van der Waals surface area contributed by atoms with Crippen molar-refractivity contribution in [3.63, 3.8) is 0 Å². The molecule has 0 saturated carbocycles. The zero-order valence-corrected chi connectivity index (χ0v) is 18.2. The Morgan fingerprint density at radius 1 is 1.04 bits per heavy atom. The minimum absolute atomic E-state index is 0.169.